The molecule has 0 bridgehead atoms. The summed E-state index contributed by atoms with van der Waals surface area (Å²) in [6, 6.07) is -0.955. The van der Waals surface area contributed by atoms with Crippen LogP contribution in [-0.4, -0.2) is 55.0 Å². The molecule has 0 spiro atoms. The highest BCUT2D eigenvalue weighted by atomic mass is 16.5. The fourth-order valence-corrected chi connectivity index (χ4v) is 2.41. The summed E-state index contributed by atoms with van der Waals surface area (Å²) in [5.74, 6) is 1.44. The Kier molecular flexibility index (Phi) is 11.2. The van der Waals surface area contributed by atoms with Crippen molar-refractivity contribution in [3.8, 4) is 12.3 Å². The van der Waals surface area contributed by atoms with Gasteiger partial charge in [0.1, 0.15) is 11.6 Å². The molecule has 1 atom stereocenters. The van der Waals surface area contributed by atoms with Crippen LogP contribution in [0.15, 0.2) is 0 Å². The fraction of sp³-hybridized carbons (Fsp3) is 0.750. The number of hydrogen-bond donors (Lipinski definition) is 2. The van der Waals surface area contributed by atoms with Gasteiger partial charge in [0.2, 0.25) is 0 Å². The third kappa shape index (κ3) is 10.2. The second-order valence-electron chi connectivity index (χ2n) is 7.38. The molecule has 0 radical (unpaired) electrons. The van der Waals surface area contributed by atoms with Gasteiger partial charge in [-0.3, -0.25) is 4.79 Å². The molecule has 0 saturated heterocycles. The van der Waals surface area contributed by atoms with Crippen LogP contribution in [0.2, 0.25) is 0 Å². The SMILES string of the molecule is C#CCCCOC(=O)NC(C)(C)CC(NC(=O)C(C)(C)OCC)C(=O)OCC. The molecule has 0 aliphatic heterocycles. The molecule has 0 aromatic carbocycles. The van der Waals surface area contributed by atoms with Crippen LogP contribution in [0.5, 0.6) is 0 Å². The van der Waals surface area contributed by atoms with E-state index in [1.54, 1.807) is 41.5 Å². The fourth-order valence-electron chi connectivity index (χ4n) is 2.41. The molecule has 28 heavy (non-hydrogen) atoms. The van der Waals surface area contributed by atoms with Gasteiger partial charge in [0.25, 0.3) is 5.91 Å². The Balaban J connectivity index is 5.02. The Morgan fingerprint density at radius 1 is 1.07 bits per heavy atom. The van der Waals surface area contributed by atoms with Crippen LogP contribution in [0.25, 0.3) is 0 Å². The maximum absolute atomic E-state index is 12.5. The number of carbonyl (C=O) groups is 3. The number of hydrogen-bond acceptors (Lipinski definition) is 6. The van der Waals surface area contributed by atoms with Gasteiger partial charge in [0.05, 0.1) is 13.2 Å². The number of terminal acetylenes is 1. The minimum atomic E-state index is -1.10. The lowest BCUT2D eigenvalue weighted by Crippen LogP contribution is -2.55. The van der Waals surface area contributed by atoms with Crippen LogP contribution in [0, 0.1) is 12.3 Å². The minimum absolute atomic E-state index is 0.110. The zero-order valence-electron chi connectivity index (χ0n) is 17.8. The highest BCUT2D eigenvalue weighted by Gasteiger charge is 2.36. The zero-order valence-corrected chi connectivity index (χ0v) is 17.8. The largest absolute Gasteiger partial charge is 0.464 e. The number of rotatable bonds is 12. The van der Waals surface area contributed by atoms with Crippen molar-refractivity contribution in [2.45, 2.75) is 78.0 Å². The number of ether oxygens (including phenoxy) is 3. The van der Waals surface area contributed by atoms with Crippen molar-refractivity contribution in [3.05, 3.63) is 0 Å². The van der Waals surface area contributed by atoms with Crippen LogP contribution in [0.3, 0.4) is 0 Å². The van der Waals surface area contributed by atoms with Gasteiger partial charge in [0, 0.05) is 25.0 Å². The van der Waals surface area contributed by atoms with Crippen LogP contribution < -0.4 is 10.6 Å². The van der Waals surface area contributed by atoms with E-state index in [-0.39, 0.29) is 19.6 Å². The number of amides is 2. The molecule has 1 unspecified atom stereocenters. The second-order valence-corrected chi connectivity index (χ2v) is 7.38. The average Bonchev–Trinajstić information content (AvgIpc) is 2.57. The summed E-state index contributed by atoms with van der Waals surface area (Å²) in [7, 11) is 0. The topological polar surface area (TPSA) is 103 Å². The molecule has 8 heteroatoms. The molecule has 0 saturated carbocycles. The van der Waals surface area contributed by atoms with E-state index in [0.717, 1.165) is 0 Å². The third-order valence-electron chi connectivity index (χ3n) is 3.78. The first-order valence-electron chi connectivity index (χ1n) is 9.49. The maximum atomic E-state index is 12.5. The van der Waals surface area contributed by atoms with E-state index in [9.17, 15) is 14.4 Å². The van der Waals surface area contributed by atoms with Crippen LogP contribution in [-0.2, 0) is 23.8 Å². The molecule has 0 aliphatic carbocycles. The summed E-state index contributed by atoms with van der Waals surface area (Å²) in [5.41, 5.74) is -1.95. The molecular formula is C20H34N2O6. The lowest BCUT2D eigenvalue weighted by Gasteiger charge is -2.32. The average molecular weight is 399 g/mol. The van der Waals surface area contributed by atoms with E-state index in [0.29, 0.717) is 19.4 Å². The first-order chi connectivity index (χ1) is 13.0. The minimum Gasteiger partial charge on any atom is -0.464 e. The van der Waals surface area contributed by atoms with Gasteiger partial charge in [-0.25, -0.2) is 9.59 Å². The van der Waals surface area contributed by atoms with Crippen molar-refractivity contribution in [2.75, 3.05) is 19.8 Å². The maximum Gasteiger partial charge on any atom is 0.407 e. The molecule has 8 nitrogen and oxygen atoms in total. The third-order valence-corrected chi connectivity index (χ3v) is 3.78. The molecule has 0 aromatic rings. The van der Waals surface area contributed by atoms with Gasteiger partial charge in [-0.2, -0.15) is 0 Å². The van der Waals surface area contributed by atoms with Crippen LogP contribution in [0.1, 0.15) is 60.8 Å². The van der Waals surface area contributed by atoms with Crippen molar-refractivity contribution >= 4 is 18.0 Å². The first kappa shape index (κ1) is 25.7. The standard InChI is InChI=1S/C20H34N2O6/c1-8-11-12-13-27-18(25)22-19(4,5)14-15(16(23)26-9-2)21-17(24)20(6,7)28-10-3/h1,15H,9-14H2,2-7H3,(H,21,24)(H,22,25). The smallest absolute Gasteiger partial charge is 0.407 e. The number of carbonyl (C=O) groups excluding carboxylic acids is 3. The molecule has 160 valence electrons. The van der Waals surface area contributed by atoms with E-state index in [1.165, 1.54) is 0 Å². The number of nitrogens with one attached hydrogen (secondary N) is 2. The van der Waals surface area contributed by atoms with Crippen LogP contribution >= 0.6 is 0 Å². The Hall–Kier alpha value is -2.27. The van der Waals surface area contributed by atoms with Gasteiger partial charge < -0.3 is 24.8 Å². The molecule has 0 rings (SSSR count). The van der Waals surface area contributed by atoms with Gasteiger partial charge in [-0.05, 0) is 48.0 Å². The molecule has 0 aromatic heterocycles. The van der Waals surface area contributed by atoms with Crippen LogP contribution in [0.4, 0.5) is 4.79 Å². The molecular weight excluding hydrogens is 364 g/mol. The first-order valence-corrected chi connectivity index (χ1v) is 9.49. The van der Waals surface area contributed by atoms with Crippen molar-refractivity contribution in [3.63, 3.8) is 0 Å². The number of alkyl carbamates (subject to hydrolysis) is 1. The van der Waals surface area contributed by atoms with Gasteiger partial charge in [-0.15, -0.1) is 12.3 Å². The molecule has 2 N–H and O–H groups in total. The Bertz CT molecular complexity index is 566. The molecule has 0 aliphatic rings. The summed E-state index contributed by atoms with van der Waals surface area (Å²) in [6.07, 6.45) is 5.73. The monoisotopic (exact) mass is 398 g/mol. The second kappa shape index (κ2) is 12.2. The Labute approximate surface area is 168 Å². The Morgan fingerprint density at radius 2 is 1.71 bits per heavy atom. The van der Waals surface area contributed by atoms with E-state index in [2.05, 4.69) is 16.6 Å². The molecule has 2 amide bonds. The van der Waals surface area contributed by atoms with E-state index in [4.69, 9.17) is 20.6 Å². The normalized spacial score (nSPS) is 12.5. The predicted octanol–water partition coefficient (Wildman–Crippen LogP) is 2.16. The Morgan fingerprint density at radius 3 is 2.25 bits per heavy atom. The summed E-state index contributed by atoms with van der Waals surface area (Å²) in [6.45, 7) is 10.9. The summed E-state index contributed by atoms with van der Waals surface area (Å²) in [4.78, 5) is 36.8. The van der Waals surface area contributed by atoms with Crippen molar-refractivity contribution in [1.29, 1.82) is 0 Å². The van der Waals surface area contributed by atoms with E-state index < -0.39 is 35.2 Å². The zero-order chi connectivity index (χ0) is 21.8. The predicted molar refractivity (Wildman–Crippen MR) is 106 cm³/mol. The van der Waals surface area contributed by atoms with Gasteiger partial charge >= 0.3 is 12.1 Å². The molecule has 0 fully saturated rings. The van der Waals surface area contributed by atoms with E-state index in [1.807, 2.05) is 0 Å². The quantitative estimate of drug-likeness (QED) is 0.297. The highest BCUT2D eigenvalue weighted by Crippen LogP contribution is 2.16. The van der Waals surface area contributed by atoms with Crippen molar-refractivity contribution in [1.82, 2.24) is 10.6 Å². The van der Waals surface area contributed by atoms with E-state index >= 15 is 0 Å². The number of unbranched alkanes of at least 4 members (excludes halogenated alkanes) is 1. The lowest BCUT2D eigenvalue weighted by molar-refractivity contribution is -0.152. The van der Waals surface area contributed by atoms with Gasteiger partial charge in [-0.1, -0.05) is 0 Å². The van der Waals surface area contributed by atoms with Crippen molar-refractivity contribution < 1.29 is 28.6 Å². The summed E-state index contributed by atoms with van der Waals surface area (Å²) in [5, 5.41) is 5.36. The lowest BCUT2D eigenvalue weighted by atomic mass is 9.94. The summed E-state index contributed by atoms with van der Waals surface area (Å²) >= 11 is 0. The van der Waals surface area contributed by atoms with Crippen molar-refractivity contribution in [2.24, 2.45) is 0 Å². The number of esters is 1. The summed E-state index contributed by atoms with van der Waals surface area (Å²) < 4.78 is 15.6. The highest BCUT2D eigenvalue weighted by molar-refractivity contribution is 5.89. The molecule has 0 heterocycles. The van der Waals surface area contributed by atoms with Gasteiger partial charge in [0.15, 0.2) is 0 Å².